The molecule has 2 nitrogen and oxygen atoms in total. The summed E-state index contributed by atoms with van der Waals surface area (Å²) in [5.74, 6) is 1.63. The Bertz CT molecular complexity index is 342. The minimum Gasteiger partial charge on any atom is -0.373 e. The topological polar surface area (TPSA) is 22.1 Å². The highest BCUT2D eigenvalue weighted by molar-refractivity contribution is 7.15. The Kier molecular flexibility index (Phi) is 4.22. The van der Waals surface area contributed by atoms with Gasteiger partial charge in [0, 0.05) is 6.20 Å². The minimum atomic E-state index is 0.423. The molecule has 1 aromatic rings. The van der Waals surface area contributed by atoms with E-state index in [4.69, 9.17) is 16.3 Å². The number of nitrogens with zero attached hydrogens (tertiary/aromatic N) is 1. The molecule has 3 atom stereocenters. The highest BCUT2D eigenvalue weighted by Gasteiger charge is 2.24. The second kappa shape index (κ2) is 5.48. The average molecular weight is 260 g/mol. The molecule has 1 heterocycles. The second-order valence-electron chi connectivity index (χ2n) is 4.78. The van der Waals surface area contributed by atoms with Crippen molar-refractivity contribution < 1.29 is 4.74 Å². The van der Waals surface area contributed by atoms with E-state index >= 15 is 0 Å². The minimum absolute atomic E-state index is 0.423. The Labute approximate surface area is 106 Å². The van der Waals surface area contributed by atoms with Crippen LogP contribution in [0.5, 0.6) is 0 Å². The maximum absolute atomic E-state index is 5.91. The van der Waals surface area contributed by atoms with Gasteiger partial charge in [0.05, 0.1) is 17.6 Å². The molecule has 1 aliphatic rings. The van der Waals surface area contributed by atoms with Crippen LogP contribution in [0.25, 0.3) is 0 Å². The number of aromatic nitrogens is 1. The first-order valence-corrected chi connectivity index (χ1v) is 7.06. The zero-order chi connectivity index (χ0) is 11.5. The molecular weight excluding hydrogens is 242 g/mol. The van der Waals surface area contributed by atoms with E-state index < -0.39 is 0 Å². The number of hydrogen-bond acceptors (Lipinski definition) is 3. The van der Waals surface area contributed by atoms with Crippen LogP contribution in [-0.4, -0.2) is 11.1 Å². The largest absolute Gasteiger partial charge is 0.373 e. The Morgan fingerprint density at radius 2 is 2.25 bits per heavy atom. The van der Waals surface area contributed by atoms with Crippen LogP contribution < -0.4 is 0 Å². The van der Waals surface area contributed by atoms with Crippen molar-refractivity contribution in [2.24, 2.45) is 11.8 Å². The zero-order valence-corrected chi connectivity index (χ0v) is 11.4. The number of hydrogen-bond donors (Lipinski definition) is 0. The molecule has 1 aromatic heterocycles. The van der Waals surface area contributed by atoms with E-state index in [9.17, 15) is 0 Å². The summed E-state index contributed by atoms with van der Waals surface area (Å²) in [4.78, 5) is 5.13. The van der Waals surface area contributed by atoms with E-state index in [1.54, 1.807) is 0 Å². The fourth-order valence-electron chi connectivity index (χ4n) is 2.20. The third-order valence-electron chi connectivity index (χ3n) is 3.54. The van der Waals surface area contributed by atoms with Crippen LogP contribution in [0, 0.1) is 11.8 Å². The van der Waals surface area contributed by atoms with Crippen molar-refractivity contribution in [3.05, 3.63) is 15.5 Å². The van der Waals surface area contributed by atoms with Gasteiger partial charge in [0.2, 0.25) is 0 Å². The third kappa shape index (κ3) is 3.19. The van der Waals surface area contributed by atoms with Crippen LogP contribution in [-0.2, 0) is 11.3 Å². The summed E-state index contributed by atoms with van der Waals surface area (Å²) in [5, 5.41) is 0. The summed E-state index contributed by atoms with van der Waals surface area (Å²) < 4.78 is 6.51. The molecule has 0 bridgehead atoms. The summed E-state index contributed by atoms with van der Waals surface area (Å²) in [5.41, 5.74) is 0. The number of ether oxygens (including phenoxy) is 1. The number of thiazole rings is 1. The standard InChI is InChI=1S/C12H18ClNOS/c1-8-3-4-10(5-9(8)2)15-7-11-6-14-12(13)16-11/h6,8-10H,3-5,7H2,1-2H3. The molecule has 3 unspecified atom stereocenters. The van der Waals surface area contributed by atoms with Crippen molar-refractivity contribution in [3.8, 4) is 0 Å². The lowest BCUT2D eigenvalue weighted by Gasteiger charge is -2.31. The van der Waals surface area contributed by atoms with Crippen molar-refractivity contribution in [2.75, 3.05) is 0 Å². The SMILES string of the molecule is CC1CCC(OCc2cnc(Cl)s2)CC1C. The summed E-state index contributed by atoms with van der Waals surface area (Å²) in [6, 6.07) is 0. The summed E-state index contributed by atoms with van der Waals surface area (Å²) in [6.45, 7) is 5.32. The monoisotopic (exact) mass is 259 g/mol. The van der Waals surface area contributed by atoms with Gasteiger partial charge in [-0.15, -0.1) is 11.3 Å². The van der Waals surface area contributed by atoms with Crippen LogP contribution in [0.1, 0.15) is 38.0 Å². The molecule has 0 radical (unpaired) electrons. The molecule has 0 aliphatic heterocycles. The molecule has 16 heavy (non-hydrogen) atoms. The van der Waals surface area contributed by atoms with Gasteiger partial charge in [-0.25, -0.2) is 4.98 Å². The average Bonchev–Trinajstić information content (AvgIpc) is 2.66. The van der Waals surface area contributed by atoms with Crippen molar-refractivity contribution in [3.63, 3.8) is 0 Å². The van der Waals surface area contributed by atoms with Crippen molar-refractivity contribution in [2.45, 2.75) is 45.8 Å². The lowest BCUT2D eigenvalue weighted by molar-refractivity contribution is -0.00639. The van der Waals surface area contributed by atoms with Crippen LogP contribution in [0.4, 0.5) is 0 Å². The molecule has 4 heteroatoms. The molecule has 1 aliphatic carbocycles. The van der Waals surface area contributed by atoms with Crippen LogP contribution in [0.15, 0.2) is 6.20 Å². The number of rotatable bonds is 3. The molecule has 0 spiro atoms. The molecule has 0 saturated heterocycles. The van der Waals surface area contributed by atoms with Gasteiger partial charge < -0.3 is 4.74 Å². The molecular formula is C12H18ClNOS. The second-order valence-corrected chi connectivity index (χ2v) is 6.48. The van der Waals surface area contributed by atoms with Crippen LogP contribution >= 0.6 is 22.9 Å². The molecule has 2 rings (SSSR count). The van der Waals surface area contributed by atoms with Crippen molar-refractivity contribution in [1.29, 1.82) is 0 Å². The third-order valence-corrected chi connectivity index (χ3v) is 4.63. The van der Waals surface area contributed by atoms with Gasteiger partial charge in [-0.2, -0.15) is 0 Å². The van der Waals surface area contributed by atoms with E-state index in [1.807, 2.05) is 6.20 Å². The fraction of sp³-hybridized carbons (Fsp3) is 0.750. The maximum atomic E-state index is 5.91. The van der Waals surface area contributed by atoms with E-state index in [1.165, 1.54) is 30.6 Å². The first-order valence-electron chi connectivity index (χ1n) is 5.87. The lowest BCUT2D eigenvalue weighted by atomic mass is 9.80. The predicted octanol–water partition coefficient (Wildman–Crippen LogP) is 4.14. The van der Waals surface area contributed by atoms with Crippen molar-refractivity contribution in [1.82, 2.24) is 4.98 Å². The van der Waals surface area contributed by atoms with Crippen molar-refractivity contribution >= 4 is 22.9 Å². The Morgan fingerprint density at radius 3 is 2.88 bits per heavy atom. The van der Waals surface area contributed by atoms with E-state index in [0.717, 1.165) is 16.7 Å². The predicted molar refractivity (Wildman–Crippen MR) is 67.9 cm³/mol. The summed E-state index contributed by atoms with van der Waals surface area (Å²) in [6.07, 6.45) is 5.90. The Morgan fingerprint density at radius 1 is 1.44 bits per heavy atom. The van der Waals surface area contributed by atoms with Gasteiger partial charge in [0.15, 0.2) is 4.47 Å². The van der Waals surface area contributed by atoms with Gasteiger partial charge in [-0.3, -0.25) is 0 Å². The van der Waals surface area contributed by atoms with Crippen LogP contribution in [0.2, 0.25) is 4.47 Å². The highest BCUT2D eigenvalue weighted by Crippen LogP contribution is 2.31. The molecule has 0 amide bonds. The fourth-order valence-corrected chi connectivity index (χ4v) is 3.10. The zero-order valence-electron chi connectivity index (χ0n) is 9.78. The first-order chi connectivity index (χ1) is 7.65. The first kappa shape index (κ1) is 12.3. The lowest BCUT2D eigenvalue weighted by Crippen LogP contribution is -2.26. The maximum Gasteiger partial charge on any atom is 0.183 e. The molecule has 1 fully saturated rings. The Balaban J connectivity index is 1.78. The van der Waals surface area contributed by atoms with Gasteiger partial charge >= 0.3 is 0 Å². The van der Waals surface area contributed by atoms with E-state index in [-0.39, 0.29) is 0 Å². The van der Waals surface area contributed by atoms with Gasteiger partial charge in [0.25, 0.3) is 0 Å². The molecule has 0 aromatic carbocycles. The van der Waals surface area contributed by atoms with Gasteiger partial charge in [-0.1, -0.05) is 25.4 Å². The highest BCUT2D eigenvalue weighted by atomic mass is 35.5. The molecule has 90 valence electrons. The van der Waals surface area contributed by atoms with E-state index in [0.29, 0.717) is 17.2 Å². The Hall–Kier alpha value is -0.120. The van der Waals surface area contributed by atoms with Gasteiger partial charge in [0.1, 0.15) is 0 Å². The molecule has 0 N–H and O–H groups in total. The molecule has 1 saturated carbocycles. The quantitative estimate of drug-likeness (QED) is 0.814. The summed E-state index contributed by atoms with van der Waals surface area (Å²) >= 11 is 7.28. The normalized spacial score (nSPS) is 30.6. The van der Waals surface area contributed by atoms with E-state index in [2.05, 4.69) is 18.8 Å². The van der Waals surface area contributed by atoms with Gasteiger partial charge in [-0.05, 0) is 31.1 Å². The summed E-state index contributed by atoms with van der Waals surface area (Å²) in [7, 11) is 0. The van der Waals surface area contributed by atoms with Crippen LogP contribution in [0.3, 0.4) is 0 Å². The smallest absolute Gasteiger partial charge is 0.183 e. The number of halogens is 1.